The van der Waals surface area contributed by atoms with Crippen LogP contribution in [0.15, 0.2) is 37.1 Å². The highest BCUT2D eigenvalue weighted by Crippen LogP contribution is 2.04. The van der Waals surface area contributed by atoms with Gasteiger partial charge in [-0.15, -0.1) is 0 Å². The van der Waals surface area contributed by atoms with Gasteiger partial charge in [-0.2, -0.15) is 0 Å². The van der Waals surface area contributed by atoms with Crippen molar-refractivity contribution in [1.82, 2.24) is 10.2 Å². The zero-order valence-corrected chi connectivity index (χ0v) is 10.7. The van der Waals surface area contributed by atoms with Crippen LogP contribution in [0.2, 0.25) is 0 Å². The van der Waals surface area contributed by atoms with Crippen LogP contribution in [0.5, 0.6) is 0 Å². The Morgan fingerprint density at radius 2 is 1.88 bits per heavy atom. The van der Waals surface area contributed by atoms with Crippen LogP contribution in [0.4, 0.5) is 4.79 Å². The van der Waals surface area contributed by atoms with Crippen LogP contribution in [0.1, 0.15) is 13.8 Å². The number of ether oxygens (including phenoxy) is 1. The van der Waals surface area contributed by atoms with E-state index in [1.165, 1.54) is 6.08 Å². The molecular weight excluding hydrogens is 216 g/mol. The molecule has 4 nitrogen and oxygen atoms in total. The first-order valence-electron chi connectivity index (χ1n) is 5.90. The van der Waals surface area contributed by atoms with Crippen LogP contribution in [-0.2, 0) is 4.74 Å². The quantitative estimate of drug-likeness (QED) is 0.606. The van der Waals surface area contributed by atoms with Gasteiger partial charge in [0, 0.05) is 26.2 Å². The molecule has 17 heavy (non-hydrogen) atoms. The lowest BCUT2D eigenvalue weighted by atomic mass is 10.4. The van der Waals surface area contributed by atoms with Crippen molar-refractivity contribution >= 4 is 6.09 Å². The number of rotatable bonds is 3. The smallest absolute Gasteiger partial charge is 0.410 e. The van der Waals surface area contributed by atoms with Crippen LogP contribution < -0.4 is 5.32 Å². The maximum atomic E-state index is 11.6. The molecule has 1 amide bonds. The van der Waals surface area contributed by atoms with Gasteiger partial charge in [0.05, 0.1) is 0 Å². The van der Waals surface area contributed by atoms with E-state index >= 15 is 0 Å². The van der Waals surface area contributed by atoms with Crippen molar-refractivity contribution < 1.29 is 9.53 Å². The molecule has 0 aliphatic carbocycles. The average Bonchev–Trinajstić information content (AvgIpc) is 2.41. The normalized spacial score (nSPS) is 15.4. The van der Waals surface area contributed by atoms with E-state index in [9.17, 15) is 4.79 Å². The summed E-state index contributed by atoms with van der Waals surface area (Å²) in [7, 11) is 0. The van der Waals surface area contributed by atoms with Crippen molar-refractivity contribution in [3.8, 4) is 0 Å². The second-order valence-electron chi connectivity index (χ2n) is 3.11. The standard InChI is InChI=1S/C11H16N2O2.C2H6/c1-3-5-10(4-2)15-11(14)13-8-6-12-7-9-13;1-2/h3-5,12H,1-2,6-9H2;1-2H3/b10-5+;. The van der Waals surface area contributed by atoms with Gasteiger partial charge in [-0.25, -0.2) is 4.79 Å². The minimum atomic E-state index is -0.329. The third-order valence-corrected chi connectivity index (χ3v) is 2.06. The molecule has 1 rings (SSSR count). The van der Waals surface area contributed by atoms with E-state index in [1.807, 2.05) is 13.8 Å². The molecular formula is C13H22N2O2. The number of allylic oxidation sites excluding steroid dienone is 3. The molecule has 0 aromatic carbocycles. The number of carbonyl (C=O) groups excluding carboxylic acids is 1. The van der Waals surface area contributed by atoms with Crippen LogP contribution in [0, 0.1) is 0 Å². The Kier molecular flexibility index (Phi) is 8.78. The molecule has 0 bridgehead atoms. The fourth-order valence-corrected chi connectivity index (χ4v) is 1.27. The molecule has 1 N–H and O–H groups in total. The Bertz CT molecular complexity index is 279. The highest BCUT2D eigenvalue weighted by Gasteiger charge is 2.17. The maximum absolute atomic E-state index is 11.6. The first-order valence-corrected chi connectivity index (χ1v) is 5.90. The molecule has 1 saturated heterocycles. The van der Waals surface area contributed by atoms with Gasteiger partial charge in [0.1, 0.15) is 5.76 Å². The number of amides is 1. The summed E-state index contributed by atoms with van der Waals surface area (Å²) in [6.45, 7) is 14.1. The molecule has 1 fully saturated rings. The summed E-state index contributed by atoms with van der Waals surface area (Å²) in [4.78, 5) is 13.3. The highest BCUT2D eigenvalue weighted by atomic mass is 16.6. The molecule has 0 spiro atoms. The summed E-state index contributed by atoms with van der Waals surface area (Å²) >= 11 is 0. The average molecular weight is 238 g/mol. The summed E-state index contributed by atoms with van der Waals surface area (Å²) in [5.74, 6) is 0.425. The Morgan fingerprint density at radius 1 is 1.29 bits per heavy atom. The van der Waals surface area contributed by atoms with Gasteiger partial charge in [0.15, 0.2) is 0 Å². The maximum Gasteiger partial charge on any atom is 0.415 e. The minimum absolute atomic E-state index is 0.329. The number of hydrogen-bond donors (Lipinski definition) is 1. The third-order valence-electron chi connectivity index (χ3n) is 2.06. The fourth-order valence-electron chi connectivity index (χ4n) is 1.27. The Labute approximate surface area is 104 Å². The summed E-state index contributed by atoms with van der Waals surface area (Å²) < 4.78 is 5.11. The van der Waals surface area contributed by atoms with Crippen LogP contribution >= 0.6 is 0 Å². The topological polar surface area (TPSA) is 41.6 Å². The molecule has 0 unspecified atom stereocenters. The van der Waals surface area contributed by atoms with E-state index in [4.69, 9.17) is 4.74 Å². The van der Waals surface area contributed by atoms with Gasteiger partial charge in [0.2, 0.25) is 0 Å². The molecule has 0 saturated carbocycles. The van der Waals surface area contributed by atoms with Gasteiger partial charge >= 0.3 is 6.09 Å². The highest BCUT2D eigenvalue weighted by molar-refractivity contribution is 5.69. The summed E-state index contributed by atoms with van der Waals surface area (Å²) in [6, 6.07) is 0. The first-order chi connectivity index (χ1) is 8.27. The van der Waals surface area contributed by atoms with Crippen molar-refractivity contribution in [2.75, 3.05) is 26.2 Å². The molecule has 1 aliphatic rings. The van der Waals surface area contributed by atoms with E-state index in [0.717, 1.165) is 13.1 Å². The second-order valence-corrected chi connectivity index (χ2v) is 3.11. The van der Waals surface area contributed by atoms with Gasteiger partial charge in [-0.1, -0.05) is 33.1 Å². The van der Waals surface area contributed by atoms with E-state index in [2.05, 4.69) is 18.5 Å². The van der Waals surface area contributed by atoms with E-state index < -0.39 is 0 Å². The molecule has 96 valence electrons. The minimum Gasteiger partial charge on any atom is -0.410 e. The fraction of sp³-hybridized carbons (Fsp3) is 0.462. The summed E-state index contributed by atoms with van der Waals surface area (Å²) in [5, 5.41) is 3.16. The molecule has 0 aromatic rings. The molecule has 4 heteroatoms. The molecule has 0 radical (unpaired) electrons. The SMILES string of the molecule is C=C/C=C(\C=C)OC(=O)N1CCNCC1.CC. The summed E-state index contributed by atoms with van der Waals surface area (Å²) in [6.07, 6.45) is 4.32. The van der Waals surface area contributed by atoms with Gasteiger partial charge in [-0.3, -0.25) is 0 Å². The zero-order valence-electron chi connectivity index (χ0n) is 10.7. The number of nitrogens with one attached hydrogen (secondary N) is 1. The monoisotopic (exact) mass is 238 g/mol. The van der Waals surface area contributed by atoms with Crippen molar-refractivity contribution in [3.05, 3.63) is 37.1 Å². The Morgan fingerprint density at radius 3 is 2.35 bits per heavy atom. The lowest BCUT2D eigenvalue weighted by Gasteiger charge is -2.26. The second kappa shape index (κ2) is 9.66. The first kappa shape index (κ1) is 15.4. The molecule has 0 atom stereocenters. The van der Waals surface area contributed by atoms with E-state index in [0.29, 0.717) is 18.8 Å². The van der Waals surface area contributed by atoms with E-state index in [1.54, 1.807) is 17.1 Å². The number of piperazine rings is 1. The Hall–Kier alpha value is -1.55. The van der Waals surface area contributed by atoms with Gasteiger partial charge in [-0.05, 0) is 12.2 Å². The van der Waals surface area contributed by atoms with Crippen LogP contribution in [-0.4, -0.2) is 37.2 Å². The molecule has 0 aromatic heterocycles. The largest absolute Gasteiger partial charge is 0.415 e. The number of hydrogen-bond acceptors (Lipinski definition) is 3. The number of nitrogens with zero attached hydrogens (tertiary/aromatic N) is 1. The summed E-state index contributed by atoms with van der Waals surface area (Å²) in [5.41, 5.74) is 0. The lowest BCUT2D eigenvalue weighted by Crippen LogP contribution is -2.46. The van der Waals surface area contributed by atoms with Crippen LogP contribution in [0.3, 0.4) is 0 Å². The third kappa shape index (κ3) is 5.92. The van der Waals surface area contributed by atoms with Crippen LogP contribution in [0.25, 0.3) is 0 Å². The molecule has 1 aliphatic heterocycles. The lowest BCUT2D eigenvalue weighted by molar-refractivity contribution is 0.125. The van der Waals surface area contributed by atoms with Gasteiger partial charge in [0.25, 0.3) is 0 Å². The van der Waals surface area contributed by atoms with Gasteiger partial charge < -0.3 is 15.0 Å². The predicted octanol–water partition coefficient (Wildman–Crippen LogP) is 2.31. The molecule has 1 heterocycles. The van der Waals surface area contributed by atoms with Crippen molar-refractivity contribution in [2.24, 2.45) is 0 Å². The van der Waals surface area contributed by atoms with E-state index in [-0.39, 0.29) is 6.09 Å². The van der Waals surface area contributed by atoms with Crippen molar-refractivity contribution in [2.45, 2.75) is 13.8 Å². The number of carbonyl (C=O) groups is 1. The Balaban J connectivity index is 0.00000121. The predicted molar refractivity (Wildman–Crippen MR) is 70.7 cm³/mol. The zero-order chi connectivity index (χ0) is 13.1. The van der Waals surface area contributed by atoms with Crippen molar-refractivity contribution in [1.29, 1.82) is 0 Å². The van der Waals surface area contributed by atoms with Crippen molar-refractivity contribution in [3.63, 3.8) is 0 Å².